The minimum atomic E-state index is -0.630. The molecule has 0 aliphatic carbocycles. The fraction of sp³-hybridized carbons (Fsp3) is 0.158. The van der Waals surface area contributed by atoms with Gasteiger partial charge in [0.25, 0.3) is 0 Å². The van der Waals surface area contributed by atoms with Gasteiger partial charge in [0.2, 0.25) is 0 Å². The first kappa shape index (κ1) is 13.7. The monoisotopic (exact) mass is 278 g/mol. The van der Waals surface area contributed by atoms with Gasteiger partial charge in [0.15, 0.2) is 0 Å². The molecular weight excluding hydrogens is 260 g/mol. The Morgan fingerprint density at radius 1 is 0.905 bits per heavy atom. The Hall–Kier alpha value is -2.32. The van der Waals surface area contributed by atoms with E-state index in [1.165, 1.54) is 11.1 Å². The van der Waals surface area contributed by atoms with Gasteiger partial charge >= 0.3 is 0 Å². The summed E-state index contributed by atoms with van der Waals surface area (Å²) in [4.78, 5) is 0. The number of hydrogen-bond donors (Lipinski definition) is 1. The average molecular weight is 278 g/mol. The van der Waals surface area contributed by atoms with Crippen molar-refractivity contribution in [2.45, 2.75) is 19.4 Å². The molecule has 0 spiro atoms. The first-order chi connectivity index (χ1) is 10.2. The highest BCUT2D eigenvalue weighted by molar-refractivity contribution is 5.34. The molecule has 3 rings (SSSR count). The number of rotatable bonds is 4. The Bertz CT molecular complexity index is 696. The second-order valence-electron chi connectivity index (χ2n) is 5.24. The highest BCUT2D eigenvalue weighted by atomic mass is 16.3. The van der Waals surface area contributed by atoms with Gasteiger partial charge in [-0.1, -0.05) is 54.6 Å². The molecule has 1 N–H and O–H groups in total. The first-order valence-corrected chi connectivity index (χ1v) is 7.09. The molecule has 106 valence electrons. The van der Waals surface area contributed by atoms with E-state index in [0.29, 0.717) is 0 Å². The number of aliphatic hydroxyl groups is 1. The third-order valence-corrected chi connectivity index (χ3v) is 3.74. The van der Waals surface area contributed by atoms with E-state index in [0.717, 1.165) is 23.3 Å². The Morgan fingerprint density at radius 3 is 2.19 bits per heavy atom. The van der Waals surface area contributed by atoms with Crippen LogP contribution in [0.1, 0.15) is 34.1 Å². The van der Waals surface area contributed by atoms with Crippen molar-refractivity contribution >= 4 is 0 Å². The van der Waals surface area contributed by atoms with E-state index in [4.69, 9.17) is 4.42 Å². The Kier molecular flexibility index (Phi) is 3.89. The fourth-order valence-corrected chi connectivity index (χ4v) is 2.51. The third kappa shape index (κ3) is 3.06. The minimum Gasteiger partial charge on any atom is -0.469 e. The molecule has 2 aromatic carbocycles. The topological polar surface area (TPSA) is 33.4 Å². The van der Waals surface area contributed by atoms with Crippen molar-refractivity contribution in [2.24, 2.45) is 0 Å². The van der Waals surface area contributed by atoms with E-state index in [1.807, 2.05) is 31.2 Å². The molecule has 2 heteroatoms. The number of furan rings is 1. The van der Waals surface area contributed by atoms with Gasteiger partial charge in [-0.05, 0) is 36.1 Å². The first-order valence-electron chi connectivity index (χ1n) is 7.09. The molecule has 2 nitrogen and oxygen atoms in total. The molecule has 0 bridgehead atoms. The van der Waals surface area contributed by atoms with Crippen molar-refractivity contribution in [3.05, 3.63) is 94.9 Å². The molecule has 0 radical (unpaired) electrons. The molecule has 0 fully saturated rings. The van der Waals surface area contributed by atoms with Crippen LogP contribution < -0.4 is 0 Å². The van der Waals surface area contributed by atoms with Crippen LogP contribution in [0.15, 0.2) is 71.3 Å². The van der Waals surface area contributed by atoms with Crippen molar-refractivity contribution in [3.63, 3.8) is 0 Å². The van der Waals surface area contributed by atoms with E-state index in [2.05, 4.69) is 36.4 Å². The van der Waals surface area contributed by atoms with Crippen molar-refractivity contribution in [2.75, 3.05) is 0 Å². The minimum absolute atomic E-state index is 0.630. The maximum atomic E-state index is 10.4. The quantitative estimate of drug-likeness (QED) is 0.773. The van der Waals surface area contributed by atoms with E-state index >= 15 is 0 Å². The smallest absolute Gasteiger partial charge is 0.107 e. The van der Waals surface area contributed by atoms with Gasteiger partial charge in [-0.25, -0.2) is 0 Å². The van der Waals surface area contributed by atoms with E-state index < -0.39 is 6.10 Å². The van der Waals surface area contributed by atoms with Crippen LogP contribution in [0, 0.1) is 6.92 Å². The zero-order valence-corrected chi connectivity index (χ0v) is 12.0. The van der Waals surface area contributed by atoms with Gasteiger partial charge in [-0.3, -0.25) is 0 Å². The summed E-state index contributed by atoms with van der Waals surface area (Å²) in [7, 11) is 0. The summed E-state index contributed by atoms with van der Waals surface area (Å²) in [6, 6.07) is 20.3. The SMILES string of the molecule is Cc1occc1C(O)c1ccc(Cc2ccccc2)cc1. The maximum absolute atomic E-state index is 10.4. The van der Waals surface area contributed by atoms with Gasteiger partial charge in [0.1, 0.15) is 11.9 Å². The average Bonchev–Trinajstić information content (AvgIpc) is 2.94. The Morgan fingerprint density at radius 2 is 1.57 bits per heavy atom. The summed E-state index contributed by atoms with van der Waals surface area (Å²) in [6.45, 7) is 1.86. The number of hydrogen-bond acceptors (Lipinski definition) is 2. The fourth-order valence-electron chi connectivity index (χ4n) is 2.51. The van der Waals surface area contributed by atoms with Crippen molar-refractivity contribution in [3.8, 4) is 0 Å². The Balaban J connectivity index is 1.77. The summed E-state index contributed by atoms with van der Waals surface area (Å²) in [6.07, 6.45) is 1.88. The second-order valence-corrected chi connectivity index (χ2v) is 5.24. The lowest BCUT2D eigenvalue weighted by Crippen LogP contribution is -2.00. The zero-order valence-electron chi connectivity index (χ0n) is 12.0. The molecule has 21 heavy (non-hydrogen) atoms. The molecule has 0 aliphatic rings. The molecular formula is C19H18O2. The molecule has 1 heterocycles. The molecule has 0 aliphatic heterocycles. The summed E-state index contributed by atoms with van der Waals surface area (Å²) in [5, 5.41) is 10.4. The molecule has 0 saturated carbocycles. The van der Waals surface area contributed by atoms with Gasteiger partial charge in [0, 0.05) is 5.56 Å². The summed E-state index contributed by atoms with van der Waals surface area (Å²) in [5.41, 5.74) is 4.24. The van der Waals surface area contributed by atoms with Crippen LogP contribution in [0.4, 0.5) is 0 Å². The van der Waals surface area contributed by atoms with Crippen LogP contribution in [0.5, 0.6) is 0 Å². The van der Waals surface area contributed by atoms with Crippen LogP contribution in [0.2, 0.25) is 0 Å². The largest absolute Gasteiger partial charge is 0.469 e. The van der Waals surface area contributed by atoms with Gasteiger partial charge in [-0.15, -0.1) is 0 Å². The van der Waals surface area contributed by atoms with Crippen molar-refractivity contribution in [1.82, 2.24) is 0 Å². The predicted octanol–water partition coefficient (Wildman–Crippen LogP) is 4.26. The summed E-state index contributed by atoms with van der Waals surface area (Å²) in [5.74, 6) is 0.760. The maximum Gasteiger partial charge on any atom is 0.107 e. The predicted molar refractivity (Wildman–Crippen MR) is 83.2 cm³/mol. The standard InChI is InChI=1S/C19H18O2/c1-14-18(11-12-21-14)19(20)17-9-7-16(8-10-17)13-15-5-3-2-4-6-15/h2-12,19-20H,13H2,1H3. The summed E-state index contributed by atoms with van der Waals surface area (Å²) < 4.78 is 5.25. The van der Waals surface area contributed by atoms with E-state index in [1.54, 1.807) is 6.26 Å². The van der Waals surface area contributed by atoms with Crippen LogP contribution >= 0.6 is 0 Å². The lowest BCUT2D eigenvalue weighted by atomic mass is 9.98. The third-order valence-electron chi connectivity index (χ3n) is 3.74. The van der Waals surface area contributed by atoms with Gasteiger partial charge in [0.05, 0.1) is 6.26 Å². The number of aryl methyl sites for hydroxylation is 1. The van der Waals surface area contributed by atoms with E-state index in [9.17, 15) is 5.11 Å². The normalized spacial score (nSPS) is 12.3. The lowest BCUT2D eigenvalue weighted by Gasteiger charge is -2.11. The molecule has 3 aromatic rings. The number of benzene rings is 2. The van der Waals surface area contributed by atoms with Crippen LogP contribution in [0.3, 0.4) is 0 Å². The van der Waals surface area contributed by atoms with Crippen LogP contribution in [-0.2, 0) is 6.42 Å². The van der Waals surface area contributed by atoms with Crippen LogP contribution in [-0.4, -0.2) is 5.11 Å². The van der Waals surface area contributed by atoms with Gasteiger partial charge in [-0.2, -0.15) is 0 Å². The van der Waals surface area contributed by atoms with Crippen LogP contribution in [0.25, 0.3) is 0 Å². The molecule has 1 atom stereocenters. The lowest BCUT2D eigenvalue weighted by molar-refractivity contribution is 0.218. The molecule has 0 saturated heterocycles. The highest BCUT2D eigenvalue weighted by Crippen LogP contribution is 2.26. The van der Waals surface area contributed by atoms with E-state index in [-0.39, 0.29) is 0 Å². The highest BCUT2D eigenvalue weighted by Gasteiger charge is 2.14. The summed E-state index contributed by atoms with van der Waals surface area (Å²) >= 11 is 0. The van der Waals surface area contributed by atoms with Crippen molar-refractivity contribution < 1.29 is 9.52 Å². The molecule has 0 amide bonds. The zero-order chi connectivity index (χ0) is 14.7. The Labute approximate surface area is 124 Å². The number of aliphatic hydroxyl groups excluding tert-OH is 1. The van der Waals surface area contributed by atoms with Crippen molar-refractivity contribution in [1.29, 1.82) is 0 Å². The molecule has 1 unspecified atom stereocenters. The molecule has 1 aromatic heterocycles. The van der Waals surface area contributed by atoms with Gasteiger partial charge < -0.3 is 9.52 Å². The second kappa shape index (κ2) is 5.98.